The highest BCUT2D eigenvalue weighted by Gasteiger charge is 2.38. The number of benzene rings is 3. The zero-order valence-corrected chi connectivity index (χ0v) is 22.1. The Labute approximate surface area is 217 Å². The van der Waals surface area contributed by atoms with Crippen molar-refractivity contribution in [2.45, 2.75) is 12.1 Å². The molecule has 3 aromatic carbocycles. The number of halogens is 1. The van der Waals surface area contributed by atoms with Gasteiger partial charge in [-0.2, -0.15) is 0 Å². The van der Waals surface area contributed by atoms with E-state index in [1.165, 1.54) is 11.1 Å². The predicted molar refractivity (Wildman–Crippen MR) is 146 cm³/mol. The van der Waals surface area contributed by atoms with Crippen LogP contribution in [0.3, 0.4) is 0 Å². The van der Waals surface area contributed by atoms with Gasteiger partial charge >= 0.3 is 0 Å². The van der Waals surface area contributed by atoms with Crippen molar-refractivity contribution < 1.29 is 4.79 Å². The summed E-state index contributed by atoms with van der Waals surface area (Å²) in [6, 6.07) is 27.8. The van der Waals surface area contributed by atoms with Crippen LogP contribution in [0.1, 0.15) is 27.5 Å². The Kier molecular flexibility index (Phi) is 7.23. The van der Waals surface area contributed by atoms with Gasteiger partial charge in [-0.05, 0) is 36.4 Å². The lowest BCUT2D eigenvalue weighted by molar-refractivity contribution is 0.0237. The molecule has 0 bridgehead atoms. The molecular weight excluding hydrogens is 500 g/mol. The number of rotatable bonds is 6. The minimum absolute atomic E-state index is 0.104. The highest BCUT2D eigenvalue weighted by atomic mass is 79.9. The first-order valence-corrected chi connectivity index (χ1v) is 13.1. The molecule has 2 saturated heterocycles. The normalized spacial score (nSPS) is 17.4. The maximum absolute atomic E-state index is 13.7. The molecule has 2 fully saturated rings. The Morgan fingerprint density at radius 1 is 0.886 bits per heavy atom. The van der Waals surface area contributed by atoms with Crippen molar-refractivity contribution in [1.29, 1.82) is 0 Å². The quantitative estimate of drug-likeness (QED) is 0.458. The zero-order valence-electron chi connectivity index (χ0n) is 20.5. The highest BCUT2D eigenvalue weighted by Crippen LogP contribution is 2.34. The molecule has 2 aliphatic heterocycles. The Hall–Kier alpha value is -2.67. The average Bonchev–Trinajstić information content (AvgIpc) is 2.86. The molecule has 5 nitrogen and oxygen atoms in total. The molecule has 0 radical (unpaired) electrons. The van der Waals surface area contributed by atoms with Crippen molar-refractivity contribution in [3.05, 3.63) is 100 Å². The van der Waals surface area contributed by atoms with Crippen molar-refractivity contribution in [2.75, 3.05) is 58.3 Å². The van der Waals surface area contributed by atoms with Gasteiger partial charge in [-0.15, -0.1) is 0 Å². The number of amides is 1. The number of carbonyl (C=O) groups is 1. The summed E-state index contributed by atoms with van der Waals surface area (Å²) in [4.78, 5) is 22.8. The fourth-order valence-electron chi connectivity index (χ4n) is 5.18. The van der Waals surface area contributed by atoms with Crippen LogP contribution in [-0.4, -0.2) is 80.0 Å². The zero-order chi connectivity index (χ0) is 24.4. The number of hydrogen-bond acceptors (Lipinski definition) is 4. The molecule has 0 saturated carbocycles. The molecule has 5 rings (SSSR count). The van der Waals surface area contributed by atoms with Crippen LogP contribution in [0.25, 0.3) is 0 Å². The van der Waals surface area contributed by atoms with Crippen molar-refractivity contribution >= 4 is 27.5 Å². The largest absolute Gasteiger partial charge is 0.368 e. The lowest BCUT2D eigenvalue weighted by Gasteiger charge is -2.48. The summed E-state index contributed by atoms with van der Waals surface area (Å²) in [6.07, 6.45) is 0. The fourth-order valence-corrected chi connectivity index (χ4v) is 5.53. The van der Waals surface area contributed by atoms with Crippen molar-refractivity contribution in [2.24, 2.45) is 0 Å². The summed E-state index contributed by atoms with van der Waals surface area (Å²) < 4.78 is 1.01. The van der Waals surface area contributed by atoms with E-state index in [0.717, 1.165) is 55.0 Å². The van der Waals surface area contributed by atoms with E-state index in [4.69, 9.17) is 0 Å². The Bertz CT molecular complexity index is 1100. The van der Waals surface area contributed by atoms with E-state index in [9.17, 15) is 4.79 Å². The molecule has 0 unspecified atom stereocenters. The number of likely N-dealkylation sites (N-methyl/N-ethyl adjacent to an activating group) is 2. The van der Waals surface area contributed by atoms with E-state index in [0.29, 0.717) is 0 Å². The molecule has 6 heteroatoms. The third-order valence-corrected chi connectivity index (χ3v) is 7.88. The molecule has 182 valence electrons. The van der Waals surface area contributed by atoms with Crippen molar-refractivity contribution in [1.82, 2.24) is 14.7 Å². The maximum Gasteiger partial charge on any atom is 0.256 e. The van der Waals surface area contributed by atoms with Crippen LogP contribution in [0.15, 0.2) is 83.3 Å². The van der Waals surface area contributed by atoms with Crippen molar-refractivity contribution in [3.63, 3.8) is 0 Å². The second kappa shape index (κ2) is 10.5. The topological polar surface area (TPSA) is 30.0 Å². The van der Waals surface area contributed by atoms with E-state index in [1.807, 2.05) is 24.1 Å². The van der Waals surface area contributed by atoms with Crippen LogP contribution in [0.5, 0.6) is 0 Å². The lowest BCUT2D eigenvalue weighted by atomic mass is 9.92. The lowest BCUT2D eigenvalue weighted by Crippen LogP contribution is -2.60. The third-order valence-electron chi connectivity index (χ3n) is 7.39. The van der Waals surface area contributed by atoms with Crippen LogP contribution >= 0.6 is 15.9 Å². The van der Waals surface area contributed by atoms with Gasteiger partial charge in [0.15, 0.2) is 0 Å². The Balaban J connectivity index is 1.32. The van der Waals surface area contributed by atoms with Gasteiger partial charge in [-0.3, -0.25) is 9.69 Å². The molecule has 3 aromatic rings. The number of anilines is 1. The van der Waals surface area contributed by atoms with Gasteiger partial charge in [0, 0.05) is 50.8 Å². The number of likely N-dealkylation sites (tertiary alicyclic amines) is 1. The molecule has 0 N–H and O–H groups in total. The summed E-state index contributed by atoms with van der Waals surface area (Å²) in [6.45, 7) is 5.60. The third kappa shape index (κ3) is 5.15. The predicted octanol–water partition coefficient (Wildman–Crippen LogP) is 4.75. The van der Waals surface area contributed by atoms with Gasteiger partial charge in [0.2, 0.25) is 0 Å². The van der Waals surface area contributed by atoms with Crippen LogP contribution in [0, 0.1) is 0 Å². The highest BCUT2D eigenvalue weighted by molar-refractivity contribution is 9.10. The first-order chi connectivity index (χ1) is 17.0. The van der Waals surface area contributed by atoms with Crippen molar-refractivity contribution in [3.8, 4) is 0 Å². The van der Waals surface area contributed by atoms with E-state index >= 15 is 0 Å². The Morgan fingerprint density at radius 2 is 1.46 bits per heavy atom. The molecule has 0 spiro atoms. The van der Waals surface area contributed by atoms with E-state index in [-0.39, 0.29) is 18.0 Å². The van der Waals surface area contributed by atoms with Gasteiger partial charge in [-0.25, -0.2) is 0 Å². The smallest absolute Gasteiger partial charge is 0.256 e. The first-order valence-electron chi connectivity index (χ1n) is 12.4. The number of piperazine rings is 1. The second-order valence-corrected chi connectivity index (χ2v) is 10.6. The van der Waals surface area contributed by atoms with E-state index < -0.39 is 0 Å². The number of carbonyl (C=O) groups excluding carboxylic acids is 1. The van der Waals surface area contributed by atoms with Gasteiger partial charge < -0.3 is 14.7 Å². The molecular formula is C29H33BrN4O. The molecule has 2 aliphatic rings. The standard InChI is InChI=1S/C29H33BrN4O/c1-31-15-17-33(18-16-31)27-19-24(30)13-14-26(27)29(35)32(2)25-20-34(21-25)28(22-9-5-3-6-10-22)23-11-7-4-8-12-23/h3-14,19,25,28H,15-18,20-21H2,1-2H3. The SMILES string of the molecule is CN1CCN(c2cc(Br)ccc2C(=O)N(C)C2CN(C(c3ccccc3)c3ccccc3)C2)CC1. The fraction of sp³-hybridized carbons (Fsp3) is 0.345. The second-order valence-electron chi connectivity index (χ2n) is 9.70. The monoisotopic (exact) mass is 532 g/mol. The van der Waals surface area contributed by atoms with Crippen LogP contribution in [0.2, 0.25) is 0 Å². The van der Waals surface area contributed by atoms with Gasteiger partial charge in [-0.1, -0.05) is 76.6 Å². The summed E-state index contributed by atoms with van der Waals surface area (Å²) >= 11 is 3.61. The van der Waals surface area contributed by atoms with Crippen LogP contribution < -0.4 is 4.90 Å². The minimum atomic E-state index is 0.104. The molecule has 2 heterocycles. The van der Waals surface area contributed by atoms with Gasteiger partial charge in [0.1, 0.15) is 0 Å². The summed E-state index contributed by atoms with van der Waals surface area (Å²) in [5, 5.41) is 0. The van der Waals surface area contributed by atoms with Crippen LogP contribution in [-0.2, 0) is 0 Å². The molecule has 0 atom stereocenters. The molecule has 1 amide bonds. The van der Waals surface area contributed by atoms with Gasteiger partial charge in [0.05, 0.1) is 23.3 Å². The number of nitrogens with zero attached hydrogens (tertiary/aromatic N) is 4. The first kappa shape index (κ1) is 24.0. The summed E-state index contributed by atoms with van der Waals surface area (Å²) in [7, 11) is 4.11. The number of hydrogen-bond donors (Lipinski definition) is 0. The minimum Gasteiger partial charge on any atom is -0.368 e. The average molecular weight is 534 g/mol. The van der Waals surface area contributed by atoms with E-state index in [2.05, 4.69) is 104 Å². The summed E-state index contributed by atoms with van der Waals surface area (Å²) in [5.41, 5.74) is 4.40. The summed E-state index contributed by atoms with van der Waals surface area (Å²) in [5.74, 6) is 0.104. The van der Waals surface area contributed by atoms with Gasteiger partial charge in [0.25, 0.3) is 5.91 Å². The molecule has 0 aromatic heterocycles. The molecule has 35 heavy (non-hydrogen) atoms. The maximum atomic E-state index is 13.7. The Morgan fingerprint density at radius 3 is 2.03 bits per heavy atom. The van der Waals surface area contributed by atoms with Crippen LogP contribution in [0.4, 0.5) is 5.69 Å². The van der Waals surface area contributed by atoms with E-state index in [1.54, 1.807) is 0 Å². The molecule has 0 aliphatic carbocycles.